The second kappa shape index (κ2) is 6.89. The summed E-state index contributed by atoms with van der Waals surface area (Å²) in [6.07, 6.45) is 2.15. The number of carbonyl (C=O) groups excluding carboxylic acids is 2. The number of benzene rings is 1. The van der Waals surface area contributed by atoms with E-state index >= 15 is 0 Å². The zero-order valence-electron chi connectivity index (χ0n) is 14.2. The Labute approximate surface area is 141 Å². The number of nitrogens with zero attached hydrogens (tertiary/aromatic N) is 2. The molecular weight excluding hydrogens is 309 g/mol. The lowest BCUT2D eigenvalue weighted by atomic mass is 10.1. The number of piperazine rings is 1. The largest absolute Gasteiger partial charge is 0.352 e. The molecule has 0 bridgehead atoms. The minimum atomic E-state index is -0.395. The molecule has 2 amide bonds. The molecule has 0 aromatic heterocycles. The molecule has 24 heavy (non-hydrogen) atoms. The highest BCUT2D eigenvalue weighted by Crippen LogP contribution is 2.20. The molecule has 1 atom stereocenters. The summed E-state index contributed by atoms with van der Waals surface area (Å²) < 4.78 is 13.4. The third kappa shape index (κ3) is 3.75. The summed E-state index contributed by atoms with van der Waals surface area (Å²) in [4.78, 5) is 28.6. The highest BCUT2D eigenvalue weighted by molar-refractivity contribution is 5.95. The smallest absolute Gasteiger partial charge is 0.254 e. The molecule has 130 valence electrons. The summed E-state index contributed by atoms with van der Waals surface area (Å²) in [5.41, 5.74) is 1.20. The lowest BCUT2D eigenvalue weighted by Gasteiger charge is -2.37. The minimum Gasteiger partial charge on any atom is -0.352 e. The van der Waals surface area contributed by atoms with E-state index in [-0.39, 0.29) is 17.9 Å². The molecule has 1 saturated carbocycles. The highest BCUT2D eigenvalue weighted by Gasteiger charge is 2.31. The number of amides is 2. The number of aryl methyl sites for hydroxylation is 1. The van der Waals surface area contributed by atoms with Crippen LogP contribution in [0.1, 0.15) is 35.7 Å². The van der Waals surface area contributed by atoms with E-state index in [1.54, 1.807) is 11.0 Å². The Balaban J connectivity index is 1.57. The minimum absolute atomic E-state index is 0.0678. The van der Waals surface area contributed by atoms with E-state index in [1.807, 2.05) is 13.8 Å². The maximum Gasteiger partial charge on any atom is 0.254 e. The van der Waals surface area contributed by atoms with Crippen LogP contribution in [0.5, 0.6) is 0 Å². The van der Waals surface area contributed by atoms with E-state index in [1.165, 1.54) is 12.1 Å². The highest BCUT2D eigenvalue weighted by atomic mass is 19.1. The molecule has 1 aliphatic heterocycles. The summed E-state index contributed by atoms with van der Waals surface area (Å²) in [5.74, 6) is -0.465. The van der Waals surface area contributed by atoms with E-state index in [4.69, 9.17) is 0 Å². The fraction of sp³-hybridized carbons (Fsp3) is 0.556. The van der Waals surface area contributed by atoms with Crippen LogP contribution in [0.15, 0.2) is 18.2 Å². The van der Waals surface area contributed by atoms with Crippen LogP contribution in [0, 0.1) is 12.7 Å². The van der Waals surface area contributed by atoms with Gasteiger partial charge in [-0.05, 0) is 44.4 Å². The maximum absolute atomic E-state index is 13.4. The second-order valence-corrected chi connectivity index (χ2v) is 6.75. The number of carbonyl (C=O) groups is 2. The Kier molecular flexibility index (Phi) is 4.85. The first-order valence-corrected chi connectivity index (χ1v) is 8.55. The second-order valence-electron chi connectivity index (χ2n) is 6.75. The Morgan fingerprint density at radius 2 is 1.88 bits per heavy atom. The first kappa shape index (κ1) is 16.9. The van der Waals surface area contributed by atoms with Gasteiger partial charge in [0, 0.05) is 37.8 Å². The van der Waals surface area contributed by atoms with Gasteiger partial charge in [-0.3, -0.25) is 14.5 Å². The van der Waals surface area contributed by atoms with Gasteiger partial charge in [0.2, 0.25) is 5.91 Å². The van der Waals surface area contributed by atoms with Crippen LogP contribution in [0.25, 0.3) is 0 Å². The van der Waals surface area contributed by atoms with Gasteiger partial charge in [-0.15, -0.1) is 0 Å². The number of hydrogen-bond donors (Lipinski definition) is 1. The van der Waals surface area contributed by atoms with Crippen molar-refractivity contribution in [2.75, 3.05) is 26.2 Å². The topological polar surface area (TPSA) is 52.7 Å². The van der Waals surface area contributed by atoms with Crippen LogP contribution in [-0.4, -0.2) is 59.9 Å². The van der Waals surface area contributed by atoms with E-state index in [2.05, 4.69) is 10.2 Å². The molecule has 1 heterocycles. The van der Waals surface area contributed by atoms with Gasteiger partial charge in [-0.1, -0.05) is 6.07 Å². The van der Waals surface area contributed by atoms with E-state index in [0.29, 0.717) is 37.8 Å². The SMILES string of the molecule is Cc1ccc(F)cc1C(=O)N1CCN(C(C)C(=O)NC2CC2)CC1. The predicted octanol–water partition coefficient (Wildman–Crippen LogP) is 1.56. The van der Waals surface area contributed by atoms with Crippen molar-refractivity contribution in [2.24, 2.45) is 0 Å². The Bertz CT molecular complexity index is 637. The number of nitrogens with one attached hydrogen (secondary N) is 1. The zero-order chi connectivity index (χ0) is 17.3. The quantitative estimate of drug-likeness (QED) is 0.910. The fourth-order valence-corrected chi connectivity index (χ4v) is 3.02. The predicted molar refractivity (Wildman–Crippen MR) is 89.2 cm³/mol. The first-order valence-electron chi connectivity index (χ1n) is 8.55. The number of rotatable bonds is 4. The summed E-state index contributed by atoms with van der Waals surface area (Å²) in [5, 5.41) is 3.02. The zero-order valence-corrected chi connectivity index (χ0v) is 14.2. The lowest BCUT2D eigenvalue weighted by Crippen LogP contribution is -2.55. The third-order valence-electron chi connectivity index (χ3n) is 4.88. The van der Waals surface area contributed by atoms with E-state index in [0.717, 1.165) is 18.4 Å². The number of halogens is 1. The van der Waals surface area contributed by atoms with Gasteiger partial charge in [-0.2, -0.15) is 0 Å². The van der Waals surface area contributed by atoms with Gasteiger partial charge >= 0.3 is 0 Å². The molecule has 3 rings (SSSR count). The lowest BCUT2D eigenvalue weighted by molar-refractivity contribution is -0.126. The first-order chi connectivity index (χ1) is 11.5. The molecule has 1 unspecified atom stereocenters. The van der Waals surface area contributed by atoms with Gasteiger partial charge in [0.25, 0.3) is 5.91 Å². The van der Waals surface area contributed by atoms with Crippen molar-refractivity contribution in [2.45, 2.75) is 38.8 Å². The molecule has 1 aromatic rings. The van der Waals surface area contributed by atoms with Crippen LogP contribution >= 0.6 is 0 Å². The molecule has 1 aliphatic carbocycles. The molecule has 5 nitrogen and oxygen atoms in total. The van der Waals surface area contributed by atoms with Crippen LogP contribution < -0.4 is 5.32 Å². The molecule has 1 saturated heterocycles. The van der Waals surface area contributed by atoms with Crippen molar-refractivity contribution < 1.29 is 14.0 Å². The van der Waals surface area contributed by atoms with E-state index < -0.39 is 5.82 Å². The summed E-state index contributed by atoms with van der Waals surface area (Å²) in [6, 6.07) is 4.47. The van der Waals surface area contributed by atoms with Gasteiger partial charge in [0.1, 0.15) is 5.82 Å². The Hall–Kier alpha value is -1.95. The molecule has 2 fully saturated rings. The molecule has 1 N–H and O–H groups in total. The van der Waals surface area contributed by atoms with E-state index in [9.17, 15) is 14.0 Å². The molecule has 0 radical (unpaired) electrons. The van der Waals surface area contributed by atoms with Crippen LogP contribution in [0.2, 0.25) is 0 Å². The third-order valence-corrected chi connectivity index (χ3v) is 4.88. The van der Waals surface area contributed by atoms with Crippen LogP contribution in [0.3, 0.4) is 0 Å². The Morgan fingerprint density at radius 1 is 1.21 bits per heavy atom. The standard InChI is InChI=1S/C18H24FN3O2/c1-12-3-4-14(19)11-16(12)18(24)22-9-7-21(8-10-22)13(2)17(23)20-15-5-6-15/h3-4,11,13,15H,5-10H2,1-2H3,(H,20,23). The maximum atomic E-state index is 13.4. The van der Waals surface area contributed by atoms with Crippen molar-refractivity contribution in [1.82, 2.24) is 15.1 Å². The van der Waals surface area contributed by atoms with Crippen molar-refractivity contribution in [3.8, 4) is 0 Å². The van der Waals surface area contributed by atoms with Gasteiger partial charge < -0.3 is 10.2 Å². The van der Waals surface area contributed by atoms with Crippen molar-refractivity contribution in [3.63, 3.8) is 0 Å². The average molecular weight is 333 g/mol. The normalized spacial score (nSPS) is 19.9. The van der Waals surface area contributed by atoms with Gasteiger partial charge in [0.15, 0.2) is 0 Å². The molecule has 6 heteroatoms. The average Bonchev–Trinajstić information content (AvgIpc) is 3.40. The molecule has 2 aliphatic rings. The van der Waals surface area contributed by atoms with Crippen LogP contribution in [-0.2, 0) is 4.79 Å². The Morgan fingerprint density at radius 3 is 2.50 bits per heavy atom. The van der Waals surface area contributed by atoms with Crippen molar-refractivity contribution in [1.29, 1.82) is 0 Å². The fourth-order valence-electron chi connectivity index (χ4n) is 3.02. The summed E-state index contributed by atoms with van der Waals surface area (Å²) in [7, 11) is 0. The van der Waals surface area contributed by atoms with Gasteiger partial charge in [-0.25, -0.2) is 4.39 Å². The molecule has 0 spiro atoms. The van der Waals surface area contributed by atoms with Crippen molar-refractivity contribution >= 4 is 11.8 Å². The number of hydrogen-bond acceptors (Lipinski definition) is 3. The molecular formula is C18H24FN3O2. The van der Waals surface area contributed by atoms with Crippen molar-refractivity contribution in [3.05, 3.63) is 35.1 Å². The summed E-state index contributed by atoms with van der Waals surface area (Å²) >= 11 is 0. The van der Waals surface area contributed by atoms with Crippen LogP contribution in [0.4, 0.5) is 4.39 Å². The summed E-state index contributed by atoms with van der Waals surface area (Å²) in [6.45, 7) is 6.13. The molecule has 1 aromatic carbocycles. The monoisotopic (exact) mass is 333 g/mol. The van der Waals surface area contributed by atoms with Gasteiger partial charge in [0.05, 0.1) is 6.04 Å².